The van der Waals surface area contributed by atoms with Crippen LogP contribution in [0.15, 0.2) is 35.5 Å². The molecule has 0 spiro atoms. The van der Waals surface area contributed by atoms with Crippen LogP contribution < -0.4 is 5.32 Å². The monoisotopic (exact) mass is 285 g/mol. The van der Waals surface area contributed by atoms with Crippen molar-refractivity contribution in [3.8, 4) is 0 Å². The van der Waals surface area contributed by atoms with Gasteiger partial charge in [-0.15, -0.1) is 11.8 Å². The molecule has 0 amide bonds. The molecule has 2 aromatic rings. The van der Waals surface area contributed by atoms with E-state index in [1.54, 1.807) is 12.4 Å². The number of carbonyl (C=O) groups excluding carboxylic acids is 2. The fourth-order valence-electron chi connectivity index (χ4n) is 2.06. The summed E-state index contributed by atoms with van der Waals surface area (Å²) in [6.45, 7) is 0. The van der Waals surface area contributed by atoms with Gasteiger partial charge < -0.3 is 0 Å². The number of hydrogen-bond donors (Lipinski definition) is 1. The van der Waals surface area contributed by atoms with E-state index in [1.807, 2.05) is 24.3 Å². The van der Waals surface area contributed by atoms with Crippen molar-refractivity contribution in [2.45, 2.75) is 6.04 Å². The Bertz CT molecular complexity index is 714. The molecule has 0 bridgehead atoms. The number of aromatic nitrogens is 2. The lowest BCUT2D eigenvalue weighted by Crippen LogP contribution is -2.32. The van der Waals surface area contributed by atoms with Crippen LogP contribution in [0.25, 0.3) is 17.1 Å². The highest BCUT2D eigenvalue weighted by Gasteiger charge is 2.27. The Hall–Kier alpha value is -2.05. The fraction of sp³-hybridized carbons (Fsp3) is 0.143. The molecule has 1 aliphatic rings. The number of benzene rings is 1. The van der Waals surface area contributed by atoms with Crippen molar-refractivity contribution in [1.82, 2.24) is 15.3 Å². The second kappa shape index (κ2) is 5.52. The summed E-state index contributed by atoms with van der Waals surface area (Å²) in [4.78, 5) is 31.5. The van der Waals surface area contributed by atoms with Gasteiger partial charge in [0.15, 0.2) is 6.29 Å². The van der Waals surface area contributed by atoms with Gasteiger partial charge in [0.2, 0.25) is 5.78 Å². The molecular weight excluding hydrogens is 274 g/mol. The number of ketones is 1. The highest BCUT2D eigenvalue weighted by Crippen LogP contribution is 2.28. The third-order valence-electron chi connectivity index (χ3n) is 3.01. The van der Waals surface area contributed by atoms with Crippen LogP contribution in [0.2, 0.25) is 0 Å². The van der Waals surface area contributed by atoms with Crippen molar-refractivity contribution in [2.75, 3.05) is 5.88 Å². The first-order valence-corrected chi connectivity index (χ1v) is 7.04. The molecule has 1 aromatic carbocycles. The molecule has 1 N–H and O–H groups in total. The summed E-state index contributed by atoms with van der Waals surface area (Å²) < 4.78 is 0. The van der Waals surface area contributed by atoms with Crippen LogP contribution in [0.3, 0.4) is 0 Å². The Labute approximate surface area is 119 Å². The molecule has 1 unspecified atom stereocenters. The summed E-state index contributed by atoms with van der Waals surface area (Å²) in [5.74, 6) is 0.186. The molecule has 6 heteroatoms. The molecule has 1 saturated heterocycles. The number of Topliss-reactive ketones (excluding diaryl/α,β-unsaturated/α-hetero) is 1. The molecule has 1 aromatic heterocycles. The summed E-state index contributed by atoms with van der Waals surface area (Å²) in [5.41, 5.74) is 2.57. The molecule has 0 radical (unpaired) electrons. The first-order valence-electron chi connectivity index (χ1n) is 6.05. The summed E-state index contributed by atoms with van der Waals surface area (Å²) in [6, 6.07) is 5.20. The van der Waals surface area contributed by atoms with Crippen LogP contribution in [-0.4, -0.2) is 34.0 Å². The van der Waals surface area contributed by atoms with Crippen LogP contribution in [0.1, 0.15) is 5.56 Å². The smallest absolute Gasteiger partial charge is 0.217 e. The topological polar surface area (TPSA) is 72.0 Å². The third-order valence-corrected chi connectivity index (χ3v) is 4.01. The van der Waals surface area contributed by atoms with E-state index in [2.05, 4.69) is 15.3 Å². The minimum Gasteiger partial charge on any atom is -0.295 e. The quantitative estimate of drug-likeness (QED) is 0.679. The second-order valence-electron chi connectivity index (χ2n) is 4.30. The van der Waals surface area contributed by atoms with Crippen LogP contribution in [0.4, 0.5) is 0 Å². The van der Waals surface area contributed by atoms with E-state index in [9.17, 15) is 9.59 Å². The molecule has 1 atom stereocenters. The van der Waals surface area contributed by atoms with Gasteiger partial charge in [0.05, 0.1) is 11.0 Å². The number of fused-ring (bicyclic) bond motifs is 1. The largest absolute Gasteiger partial charge is 0.295 e. The molecular formula is C14H11N3O2S. The lowest BCUT2D eigenvalue weighted by molar-refractivity contribution is -0.130. The number of carbonyl (C=O) groups is 2. The maximum atomic E-state index is 11.5. The van der Waals surface area contributed by atoms with E-state index < -0.39 is 11.8 Å². The van der Waals surface area contributed by atoms with Crippen molar-refractivity contribution in [1.29, 1.82) is 0 Å². The average molecular weight is 285 g/mol. The summed E-state index contributed by atoms with van der Waals surface area (Å²) in [7, 11) is 0. The van der Waals surface area contributed by atoms with Gasteiger partial charge in [-0.1, -0.05) is 6.07 Å². The minimum atomic E-state index is -0.518. The number of rotatable bonds is 3. The van der Waals surface area contributed by atoms with Crippen LogP contribution >= 0.6 is 11.8 Å². The highest BCUT2D eigenvalue weighted by atomic mass is 32.2. The minimum absolute atomic E-state index is 0.364. The van der Waals surface area contributed by atoms with Gasteiger partial charge in [0.1, 0.15) is 6.04 Å². The first kappa shape index (κ1) is 13.0. The van der Waals surface area contributed by atoms with E-state index in [-0.39, 0.29) is 0 Å². The number of hydrogen-bond acceptors (Lipinski definition) is 6. The van der Waals surface area contributed by atoms with Gasteiger partial charge in [-0.05, 0) is 23.8 Å². The summed E-state index contributed by atoms with van der Waals surface area (Å²) >= 11 is 1.53. The lowest BCUT2D eigenvalue weighted by atomic mass is 10.1. The van der Waals surface area contributed by atoms with Gasteiger partial charge in [0.25, 0.3) is 0 Å². The van der Waals surface area contributed by atoms with Crippen molar-refractivity contribution >= 4 is 40.9 Å². The Balaban J connectivity index is 1.96. The Morgan fingerprint density at radius 2 is 2.10 bits per heavy atom. The van der Waals surface area contributed by atoms with Gasteiger partial charge in [-0.3, -0.25) is 24.9 Å². The maximum absolute atomic E-state index is 11.5. The number of aldehydes is 1. The predicted molar refractivity (Wildman–Crippen MR) is 78.0 cm³/mol. The predicted octanol–water partition coefficient (Wildman–Crippen LogP) is 1.40. The Kier molecular flexibility index (Phi) is 3.58. The first-order chi connectivity index (χ1) is 9.78. The maximum Gasteiger partial charge on any atom is 0.217 e. The molecule has 2 heterocycles. The molecule has 100 valence electrons. The molecule has 0 saturated carbocycles. The van der Waals surface area contributed by atoms with Crippen molar-refractivity contribution in [2.24, 2.45) is 0 Å². The molecule has 0 aliphatic carbocycles. The van der Waals surface area contributed by atoms with E-state index in [0.717, 1.165) is 21.5 Å². The summed E-state index contributed by atoms with van der Waals surface area (Å²) in [6.07, 6.45) is 5.56. The lowest BCUT2D eigenvalue weighted by Gasteiger charge is -2.06. The average Bonchev–Trinajstić information content (AvgIpc) is 2.94. The van der Waals surface area contributed by atoms with Crippen molar-refractivity contribution in [3.05, 3.63) is 41.1 Å². The van der Waals surface area contributed by atoms with Crippen molar-refractivity contribution < 1.29 is 9.59 Å². The van der Waals surface area contributed by atoms with E-state index in [1.165, 1.54) is 11.8 Å². The molecule has 20 heavy (non-hydrogen) atoms. The molecule has 5 nitrogen and oxygen atoms in total. The molecule has 1 fully saturated rings. The highest BCUT2D eigenvalue weighted by molar-refractivity contribution is 8.03. The zero-order valence-corrected chi connectivity index (χ0v) is 11.3. The number of thioether (sulfide) groups is 1. The normalized spacial score (nSPS) is 20.4. The standard InChI is InChI=1S/C14H11N3O2S/c18-7-12(19)14-13(20-8-17-14)6-9-1-2-10-11(5-9)16-4-3-15-10/h1-7,14,17H,8H2/b13-6-. The number of nitrogens with zero attached hydrogens (tertiary/aromatic N) is 2. The zero-order chi connectivity index (χ0) is 13.9. The SMILES string of the molecule is O=CC(=O)C1NCS/C1=C\c1ccc2nccnc2c1. The van der Waals surface area contributed by atoms with Crippen LogP contribution in [0.5, 0.6) is 0 Å². The zero-order valence-electron chi connectivity index (χ0n) is 10.4. The van der Waals surface area contributed by atoms with E-state index in [0.29, 0.717) is 12.2 Å². The Morgan fingerprint density at radius 3 is 2.90 bits per heavy atom. The molecule has 1 aliphatic heterocycles. The van der Waals surface area contributed by atoms with Gasteiger partial charge in [0, 0.05) is 23.2 Å². The fourth-order valence-corrected chi connectivity index (χ4v) is 3.06. The summed E-state index contributed by atoms with van der Waals surface area (Å²) in [5, 5.41) is 3.00. The van der Waals surface area contributed by atoms with Crippen molar-refractivity contribution in [3.63, 3.8) is 0 Å². The van der Waals surface area contributed by atoms with Gasteiger partial charge in [-0.25, -0.2) is 0 Å². The van der Waals surface area contributed by atoms with Gasteiger partial charge in [-0.2, -0.15) is 0 Å². The second-order valence-corrected chi connectivity index (χ2v) is 5.35. The van der Waals surface area contributed by atoms with E-state index in [4.69, 9.17) is 0 Å². The third kappa shape index (κ3) is 2.48. The van der Waals surface area contributed by atoms with Gasteiger partial charge >= 0.3 is 0 Å². The molecule has 3 rings (SSSR count). The Morgan fingerprint density at radius 1 is 1.30 bits per heavy atom. The van der Waals surface area contributed by atoms with Crippen LogP contribution in [-0.2, 0) is 9.59 Å². The number of nitrogens with one attached hydrogen (secondary N) is 1. The van der Waals surface area contributed by atoms with Crippen LogP contribution in [0, 0.1) is 0 Å². The van der Waals surface area contributed by atoms with E-state index >= 15 is 0 Å².